The molecular weight excluding hydrogens is 314 g/mol. The van der Waals surface area contributed by atoms with Crippen molar-refractivity contribution in [2.45, 2.75) is 39.0 Å². The van der Waals surface area contributed by atoms with Gasteiger partial charge in [-0.3, -0.25) is 0 Å². The molecule has 0 saturated carbocycles. The van der Waals surface area contributed by atoms with Crippen LogP contribution in [0.25, 0.3) is 0 Å². The Labute approximate surface area is 149 Å². The zero-order chi connectivity index (χ0) is 18.3. The van der Waals surface area contributed by atoms with E-state index in [1.807, 2.05) is 75.4 Å². The van der Waals surface area contributed by atoms with Gasteiger partial charge >= 0.3 is 6.09 Å². The number of ether oxygens (including phenoxy) is 1. The van der Waals surface area contributed by atoms with Crippen molar-refractivity contribution in [1.82, 2.24) is 10.6 Å². The molecule has 25 heavy (non-hydrogen) atoms. The minimum atomic E-state index is -0.531. The summed E-state index contributed by atoms with van der Waals surface area (Å²) in [7, 11) is 0. The van der Waals surface area contributed by atoms with Gasteiger partial charge in [0.05, 0.1) is 6.04 Å². The van der Waals surface area contributed by atoms with Crippen molar-refractivity contribution in [2.75, 3.05) is 12.3 Å². The summed E-state index contributed by atoms with van der Waals surface area (Å²) in [6.45, 7) is 6.74. The van der Waals surface area contributed by atoms with Crippen LogP contribution in [-0.4, -0.2) is 18.2 Å². The van der Waals surface area contributed by atoms with Gasteiger partial charge in [0.1, 0.15) is 5.60 Å². The molecule has 1 unspecified atom stereocenters. The summed E-state index contributed by atoms with van der Waals surface area (Å²) in [6.07, 6.45) is -0.428. The number of carbonyl (C=O) groups is 1. The molecule has 0 fully saturated rings. The maximum Gasteiger partial charge on any atom is 0.408 e. The van der Waals surface area contributed by atoms with Crippen molar-refractivity contribution in [3.8, 4) is 0 Å². The number of amides is 1. The predicted molar refractivity (Wildman–Crippen MR) is 101 cm³/mol. The van der Waals surface area contributed by atoms with Crippen LogP contribution in [0.15, 0.2) is 54.6 Å². The van der Waals surface area contributed by atoms with Crippen LogP contribution < -0.4 is 16.4 Å². The standard InChI is InChI=1S/C20H27N3O2/c1-20(2,3)25-19(24)23-18(15-9-5-4-6-10-15)14-22-13-16-11-7-8-12-17(16)21/h4-12,18,22H,13-14,21H2,1-3H3,(H,23,24). The van der Waals surface area contributed by atoms with Crippen molar-refractivity contribution in [1.29, 1.82) is 0 Å². The molecule has 0 aliphatic rings. The van der Waals surface area contributed by atoms with Gasteiger partial charge < -0.3 is 21.1 Å². The number of alkyl carbamates (subject to hydrolysis) is 1. The average molecular weight is 341 g/mol. The number of anilines is 1. The van der Waals surface area contributed by atoms with Crippen LogP contribution in [0.3, 0.4) is 0 Å². The Morgan fingerprint density at radius 2 is 1.72 bits per heavy atom. The van der Waals surface area contributed by atoms with Crippen molar-refractivity contribution in [3.63, 3.8) is 0 Å². The molecule has 0 aliphatic carbocycles. The Morgan fingerprint density at radius 3 is 2.36 bits per heavy atom. The fourth-order valence-electron chi connectivity index (χ4n) is 2.43. The van der Waals surface area contributed by atoms with Gasteiger partial charge in [-0.2, -0.15) is 0 Å². The number of carbonyl (C=O) groups excluding carboxylic acids is 1. The number of rotatable bonds is 6. The van der Waals surface area contributed by atoms with Gasteiger partial charge in [0.25, 0.3) is 0 Å². The molecule has 2 rings (SSSR count). The highest BCUT2D eigenvalue weighted by Gasteiger charge is 2.20. The van der Waals surface area contributed by atoms with Gasteiger partial charge in [-0.25, -0.2) is 4.79 Å². The number of nitrogen functional groups attached to an aromatic ring is 1. The van der Waals surface area contributed by atoms with Crippen LogP contribution >= 0.6 is 0 Å². The zero-order valence-electron chi connectivity index (χ0n) is 15.1. The number of para-hydroxylation sites is 1. The molecule has 1 amide bonds. The van der Waals surface area contributed by atoms with E-state index in [4.69, 9.17) is 10.5 Å². The number of nitrogens with two attached hydrogens (primary N) is 1. The first kappa shape index (κ1) is 18.8. The van der Waals surface area contributed by atoms with E-state index in [0.717, 1.165) is 16.8 Å². The Hall–Kier alpha value is -2.53. The lowest BCUT2D eigenvalue weighted by Crippen LogP contribution is -2.39. The van der Waals surface area contributed by atoms with Gasteiger partial charge in [-0.1, -0.05) is 48.5 Å². The quantitative estimate of drug-likeness (QED) is 0.701. The molecule has 0 heterocycles. The fourth-order valence-corrected chi connectivity index (χ4v) is 2.43. The number of benzene rings is 2. The van der Waals surface area contributed by atoms with Crippen molar-refractivity contribution in [2.24, 2.45) is 0 Å². The third-order valence-corrected chi connectivity index (χ3v) is 3.61. The summed E-state index contributed by atoms with van der Waals surface area (Å²) in [6, 6.07) is 17.4. The Balaban J connectivity index is 2.00. The first-order valence-electron chi connectivity index (χ1n) is 8.44. The van der Waals surface area contributed by atoms with Crippen LogP contribution in [0.4, 0.5) is 10.5 Å². The number of nitrogens with one attached hydrogen (secondary N) is 2. The van der Waals surface area contributed by atoms with Gasteiger partial charge in [-0.15, -0.1) is 0 Å². The first-order chi connectivity index (χ1) is 11.8. The molecule has 0 bridgehead atoms. The van der Waals surface area contributed by atoms with E-state index >= 15 is 0 Å². The first-order valence-corrected chi connectivity index (χ1v) is 8.44. The van der Waals surface area contributed by atoms with Gasteiger partial charge in [0.15, 0.2) is 0 Å². The Bertz CT molecular complexity index is 681. The summed E-state index contributed by atoms with van der Waals surface area (Å²) >= 11 is 0. The lowest BCUT2D eigenvalue weighted by Gasteiger charge is -2.24. The third-order valence-electron chi connectivity index (χ3n) is 3.61. The Kier molecular flexibility index (Phi) is 6.42. The predicted octanol–water partition coefficient (Wildman–Crippen LogP) is 3.62. The molecule has 0 radical (unpaired) electrons. The summed E-state index contributed by atoms with van der Waals surface area (Å²) in [5, 5.41) is 6.29. The smallest absolute Gasteiger partial charge is 0.408 e. The van der Waals surface area contributed by atoms with Crippen LogP contribution in [0.5, 0.6) is 0 Å². The number of hydrogen-bond donors (Lipinski definition) is 3. The van der Waals surface area contributed by atoms with Crippen LogP contribution in [-0.2, 0) is 11.3 Å². The number of hydrogen-bond acceptors (Lipinski definition) is 4. The molecule has 0 aliphatic heterocycles. The zero-order valence-corrected chi connectivity index (χ0v) is 15.1. The second kappa shape index (κ2) is 8.53. The maximum atomic E-state index is 12.1. The van der Waals surface area contributed by atoms with Crippen molar-refractivity contribution >= 4 is 11.8 Å². The lowest BCUT2D eigenvalue weighted by molar-refractivity contribution is 0.0503. The van der Waals surface area contributed by atoms with Crippen LogP contribution in [0.2, 0.25) is 0 Å². The molecule has 4 N–H and O–H groups in total. The Morgan fingerprint density at radius 1 is 1.08 bits per heavy atom. The highest BCUT2D eigenvalue weighted by Crippen LogP contribution is 2.15. The molecule has 0 aromatic heterocycles. The summed E-state index contributed by atoms with van der Waals surface area (Å²) < 4.78 is 5.38. The van der Waals surface area contributed by atoms with E-state index in [1.165, 1.54) is 0 Å². The molecule has 134 valence electrons. The highest BCUT2D eigenvalue weighted by molar-refractivity contribution is 5.68. The largest absolute Gasteiger partial charge is 0.444 e. The minimum absolute atomic E-state index is 0.194. The molecule has 2 aromatic carbocycles. The van der Waals surface area contributed by atoms with E-state index in [1.54, 1.807) is 0 Å². The normalized spacial score (nSPS) is 12.4. The minimum Gasteiger partial charge on any atom is -0.444 e. The van der Waals surface area contributed by atoms with E-state index < -0.39 is 11.7 Å². The fraction of sp³-hybridized carbons (Fsp3) is 0.350. The maximum absolute atomic E-state index is 12.1. The van der Waals surface area contributed by atoms with Gasteiger partial charge in [0, 0.05) is 18.8 Å². The molecule has 0 spiro atoms. The van der Waals surface area contributed by atoms with Gasteiger partial charge in [-0.05, 0) is 38.0 Å². The van der Waals surface area contributed by atoms with E-state index in [9.17, 15) is 4.79 Å². The monoisotopic (exact) mass is 341 g/mol. The van der Waals surface area contributed by atoms with E-state index in [2.05, 4.69) is 10.6 Å². The molecule has 5 heteroatoms. The third kappa shape index (κ3) is 6.47. The summed E-state index contributed by atoms with van der Waals surface area (Å²) in [5.74, 6) is 0. The summed E-state index contributed by atoms with van der Waals surface area (Å²) in [4.78, 5) is 12.1. The SMILES string of the molecule is CC(C)(C)OC(=O)NC(CNCc1ccccc1N)c1ccccc1. The van der Waals surface area contributed by atoms with E-state index in [-0.39, 0.29) is 6.04 Å². The molecular formula is C20H27N3O2. The molecule has 5 nitrogen and oxygen atoms in total. The van der Waals surface area contributed by atoms with Crippen LogP contribution in [0, 0.1) is 0 Å². The molecule has 2 aromatic rings. The highest BCUT2D eigenvalue weighted by atomic mass is 16.6. The lowest BCUT2D eigenvalue weighted by atomic mass is 10.1. The molecule has 1 atom stereocenters. The second-order valence-corrected chi connectivity index (χ2v) is 6.94. The second-order valence-electron chi connectivity index (χ2n) is 6.94. The van der Waals surface area contributed by atoms with Crippen molar-refractivity contribution < 1.29 is 9.53 Å². The van der Waals surface area contributed by atoms with E-state index in [0.29, 0.717) is 13.1 Å². The summed E-state index contributed by atoms with van der Waals surface area (Å²) in [5.41, 5.74) is 8.24. The van der Waals surface area contributed by atoms with Crippen LogP contribution in [0.1, 0.15) is 37.9 Å². The van der Waals surface area contributed by atoms with Gasteiger partial charge in [0.2, 0.25) is 0 Å². The topological polar surface area (TPSA) is 76.4 Å². The average Bonchev–Trinajstić information content (AvgIpc) is 2.55. The van der Waals surface area contributed by atoms with Crippen molar-refractivity contribution in [3.05, 3.63) is 65.7 Å². The molecule has 0 saturated heterocycles.